The molecule has 6 heteroatoms. The molecule has 6 nitrogen and oxygen atoms in total. The van der Waals surface area contributed by atoms with Crippen LogP contribution in [0, 0.1) is 0 Å². The van der Waals surface area contributed by atoms with Crippen LogP contribution in [0.4, 0.5) is 0 Å². The van der Waals surface area contributed by atoms with Crippen LogP contribution in [-0.2, 0) is 28.6 Å². The smallest absolute Gasteiger partial charge is 0.306 e. The Bertz CT molecular complexity index is 1510. The molecule has 348 valence electrons. The van der Waals surface area contributed by atoms with Gasteiger partial charge in [-0.1, -0.05) is 179 Å². The van der Waals surface area contributed by atoms with Gasteiger partial charge in [0.2, 0.25) is 0 Å². The van der Waals surface area contributed by atoms with E-state index >= 15 is 0 Å². The van der Waals surface area contributed by atoms with Crippen molar-refractivity contribution in [3.8, 4) is 0 Å². The van der Waals surface area contributed by atoms with Crippen molar-refractivity contribution >= 4 is 17.9 Å². The summed E-state index contributed by atoms with van der Waals surface area (Å²) in [7, 11) is 0. The Kier molecular flexibility index (Phi) is 45.8. The molecule has 1 atom stereocenters. The first-order chi connectivity index (χ1) is 31.0. The molecular formula is C57H84O6. The summed E-state index contributed by atoms with van der Waals surface area (Å²) < 4.78 is 16.6. The van der Waals surface area contributed by atoms with Crippen LogP contribution in [-0.4, -0.2) is 37.2 Å². The molecule has 0 heterocycles. The minimum absolute atomic E-state index is 0.149. The van der Waals surface area contributed by atoms with Gasteiger partial charge in [0, 0.05) is 19.3 Å². The summed E-state index contributed by atoms with van der Waals surface area (Å²) in [6.07, 6.45) is 72.6. The maximum absolute atomic E-state index is 12.7. The zero-order valence-corrected chi connectivity index (χ0v) is 39.5. The number of ether oxygens (including phenoxy) is 3. The maximum atomic E-state index is 12.7. The second kappa shape index (κ2) is 49.7. The standard InChI is InChI=1S/C57H84O6/c1-4-7-10-13-16-19-21-23-25-27-28-30-31-33-35-38-41-44-47-50-56(59)62-53-54(52-61-55(58)49-46-43-40-37-18-15-12-9-6-3)63-57(60)51-48-45-42-39-36-34-32-29-26-24-22-20-17-14-11-8-5-2/h7-12,16-20,23-26,28,30,32-35,37,39,41-42,44,54H,4-6,13-15,21-22,27,29,31,36,38,40,43,45-53H2,1-3H3/b10-7-,11-8-,12-9-,19-16-,20-17-,25-23-,26-24-,30-28-,34-32-,35-33-,37-18-,42-39-,44-41-. The number of unbranched alkanes of at least 4 members (excludes halogenated alkanes) is 3. The fourth-order valence-corrected chi connectivity index (χ4v) is 5.54. The third-order valence-electron chi connectivity index (χ3n) is 9.02. The second-order valence-corrected chi connectivity index (χ2v) is 14.9. The van der Waals surface area contributed by atoms with Gasteiger partial charge in [-0.15, -0.1) is 0 Å². The molecule has 63 heavy (non-hydrogen) atoms. The minimum atomic E-state index is -0.857. The van der Waals surface area contributed by atoms with Gasteiger partial charge in [0.05, 0.1) is 0 Å². The van der Waals surface area contributed by atoms with Crippen LogP contribution in [0.5, 0.6) is 0 Å². The van der Waals surface area contributed by atoms with Crippen LogP contribution in [0.3, 0.4) is 0 Å². The molecule has 0 aromatic heterocycles. The Morgan fingerprint density at radius 2 is 0.603 bits per heavy atom. The molecule has 0 spiro atoms. The molecular weight excluding hydrogens is 781 g/mol. The first-order valence-corrected chi connectivity index (χ1v) is 24.0. The van der Waals surface area contributed by atoms with E-state index in [0.717, 1.165) is 103 Å². The Morgan fingerprint density at radius 1 is 0.317 bits per heavy atom. The average Bonchev–Trinajstić information content (AvgIpc) is 3.28. The molecule has 0 rings (SSSR count). The molecule has 0 saturated heterocycles. The van der Waals surface area contributed by atoms with Gasteiger partial charge in [-0.05, 0) is 122 Å². The minimum Gasteiger partial charge on any atom is -0.462 e. The molecule has 0 amide bonds. The molecule has 0 aliphatic rings. The fourth-order valence-electron chi connectivity index (χ4n) is 5.54. The summed E-state index contributed by atoms with van der Waals surface area (Å²) >= 11 is 0. The lowest BCUT2D eigenvalue weighted by atomic mass is 10.2. The number of rotatable bonds is 40. The third kappa shape index (κ3) is 47.9. The van der Waals surface area contributed by atoms with Crippen molar-refractivity contribution in [3.63, 3.8) is 0 Å². The maximum Gasteiger partial charge on any atom is 0.306 e. The van der Waals surface area contributed by atoms with Gasteiger partial charge in [0.25, 0.3) is 0 Å². The van der Waals surface area contributed by atoms with Crippen molar-refractivity contribution in [1.82, 2.24) is 0 Å². The van der Waals surface area contributed by atoms with Crippen LogP contribution < -0.4 is 0 Å². The summed E-state index contributed by atoms with van der Waals surface area (Å²) in [5.41, 5.74) is 0. The summed E-state index contributed by atoms with van der Waals surface area (Å²) in [4.78, 5) is 37.8. The van der Waals surface area contributed by atoms with Crippen LogP contribution in [0.1, 0.15) is 162 Å². The molecule has 1 unspecified atom stereocenters. The zero-order valence-electron chi connectivity index (χ0n) is 39.5. The van der Waals surface area contributed by atoms with Gasteiger partial charge in [-0.3, -0.25) is 14.4 Å². The molecule has 0 aliphatic carbocycles. The summed E-state index contributed by atoms with van der Waals surface area (Å²) in [5.74, 6) is -1.15. The number of hydrogen-bond acceptors (Lipinski definition) is 6. The molecule has 0 aliphatic heterocycles. The van der Waals surface area contributed by atoms with Crippen LogP contribution in [0.25, 0.3) is 0 Å². The van der Waals surface area contributed by atoms with Crippen LogP contribution >= 0.6 is 0 Å². The lowest BCUT2D eigenvalue weighted by Crippen LogP contribution is -2.30. The molecule has 0 radical (unpaired) electrons. The lowest BCUT2D eigenvalue weighted by molar-refractivity contribution is -0.166. The number of allylic oxidation sites excluding steroid dienone is 26. The Morgan fingerprint density at radius 3 is 0.968 bits per heavy atom. The van der Waals surface area contributed by atoms with E-state index in [0.29, 0.717) is 19.3 Å². The predicted molar refractivity (Wildman–Crippen MR) is 269 cm³/mol. The van der Waals surface area contributed by atoms with Gasteiger partial charge >= 0.3 is 17.9 Å². The van der Waals surface area contributed by atoms with Crippen molar-refractivity contribution in [2.24, 2.45) is 0 Å². The second-order valence-electron chi connectivity index (χ2n) is 14.9. The van der Waals surface area contributed by atoms with Crippen LogP contribution in [0.15, 0.2) is 158 Å². The van der Waals surface area contributed by atoms with Gasteiger partial charge in [0.15, 0.2) is 6.10 Å². The number of hydrogen-bond donors (Lipinski definition) is 0. The average molecular weight is 865 g/mol. The largest absolute Gasteiger partial charge is 0.462 e. The van der Waals surface area contributed by atoms with E-state index in [2.05, 4.69) is 167 Å². The van der Waals surface area contributed by atoms with E-state index in [1.54, 1.807) is 0 Å². The van der Waals surface area contributed by atoms with Crippen molar-refractivity contribution in [2.75, 3.05) is 13.2 Å². The van der Waals surface area contributed by atoms with Crippen molar-refractivity contribution < 1.29 is 28.6 Å². The zero-order chi connectivity index (χ0) is 45.8. The highest BCUT2D eigenvalue weighted by atomic mass is 16.6. The number of carbonyl (C=O) groups is 3. The first-order valence-electron chi connectivity index (χ1n) is 24.0. The molecule has 0 N–H and O–H groups in total. The van der Waals surface area contributed by atoms with E-state index in [1.165, 1.54) is 0 Å². The van der Waals surface area contributed by atoms with E-state index < -0.39 is 18.0 Å². The monoisotopic (exact) mass is 865 g/mol. The fraction of sp³-hybridized carbons (Fsp3) is 0.491. The Hall–Kier alpha value is -4.97. The summed E-state index contributed by atoms with van der Waals surface area (Å²) in [5, 5.41) is 0. The van der Waals surface area contributed by atoms with Gasteiger partial charge < -0.3 is 14.2 Å². The SMILES string of the molecule is CC/C=C\C/C=C\C/C=C\C/C=C\C/C=C\C/C=C\CCC(=O)OCC(COC(=O)CCCC/C=C\C/C=C\CC)OC(=O)CCC/C=C\C/C=C\C/C=C\C/C=C\C/C=C\CC. The van der Waals surface area contributed by atoms with E-state index in [-0.39, 0.29) is 38.4 Å². The van der Waals surface area contributed by atoms with E-state index in [1.807, 2.05) is 12.2 Å². The van der Waals surface area contributed by atoms with E-state index in [4.69, 9.17) is 14.2 Å². The van der Waals surface area contributed by atoms with Crippen molar-refractivity contribution in [3.05, 3.63) is 158 Å². The third-order valence-corrected chi connectivity index (χ3v) is 9.02. The normalized spacial score (nSPS) is 13.5. The summed E-state index contributed by atoms with van der Waals surface area (Å²) in [6, 6.07) is 0. The molecule has 0 aromatic rings. The van der Waals surface area contributed by atoms with Gasteiger partial charge in [0.1, 0.15) is 13.2 Å². The molecule has 0 fully saturated rings. The highest BCUT2D eigenvalue weighted by molar-refractivity contribution is 5.71. The highest BCUT2D eigenvalue weighted by Gasteiger charge is 2.19. The lowest BCUT2D eigenvalue weighted by Gasteiger charge is -2.18. The van der Waals surface area contributed by atoms with Gasteiger partial charge in [-0.2, -0.15) is 0 Å². The Balaban J connectivity index is 4.62. The summed E-state index contributed by atoms with van der Waals surface area (Å²) in [6.45, 7) is 6.09. The number of carbonyl (C=O) groups excluding carboxylic acids is 3. The van der Waals surface area contributed by atoms with Crippen molar-refractivity contribution in [1.29, 1.82) is 0 Å². The van der Waals surface area contributed by atoms with Crippen molar-refractivity contribution in [2.45, 2.75) is 168 Å². The molecule has 0 aromatic carbocycles. The van der Waals surface area contributed by atoms with E-state index in [9.17, 15) is 14.4 Å². The topological polar surface area (TPSA) is 78.9 Å². The number of esters is 3. The Labute approximate surface area is 384 Å². The quantitative estimate of drug-likeness (QED) is 0.0264. The molecule has 0 bridgehead atoms. The highest BCUT2D eigenvalue weighted by Crippen LogP contribution is 2.08. The first kappa shape index (κ1) is 58.0. The molecule has 0 saturated carbocycles. The van der Waals surface area contributed by atoms with Crippen LogP contribution in [0.2, 0.25) is 0 Å². The predicted octanol–water partition coefficient (Wildman–Crippen LogP) is 15.9. The van der Waals surface area contributed by atoms with Gasteiger partial charge in [-0.25, -0.2) is 0 Å².